The second-order valence-electron chi connectivity index (χ2n) is 9.53. The first-order chi connectivity index (χ1) is 17.2. The maximum Gasteiger partial charge on any atom is 0.251 e. The van der Waals surface area contributed by atoms with Gasteiger partial charge >= 0.3 is 0 Å². The molecule has 0 saturated carbocycles. The largest absolute Gasteiger partial charge is 0.368 e. The summed E-state index contributed by atoms with van der Waals surface area (Å²) in [5.74, 6) is 0.946. The molecule has 6 nitrogen and oxygen atoms in total. The summed E-state index contributed by atoms with van der Waals surface area (Å²) in [5.41, 5.74) is 1.89. The van der Waals surface area contributed by atoms with E-state index in [2.05, 4.69) is 32.1 Å². The van der Waals surface area contributed by atoms with E-state index in [4.69, 9.17) is 16.6 Å². The summed E-state index contributed by atoms with van der Waals surface area (Å²) in [6.45, 7) is 7.47. The van der Waals surface area contributed by atoms with Gasteiger partial charge in [-0.05, 0) is 73.8 Å². The molecular weight excluding hydrogens is 458 g/mol. The summed E-state index contributed by atoms with van der Waals surface area (Å²) in [6, 6.07) is 16.0. The van der Waals surface area contributed by atoms with Crippen LogP contribution in [0.25, 0.3) is 10.8 Å². The smallest absolute Gasteiger partial charge is 0.251 e. The molecule has 2 fully saturated rings. The van der Waals surface area contributed by atoms with Crippen LogP contribution in [0.5, 0.6) is 0 Å². The van der Waals surface area contributed by atoms with Gasteiger partial charge in [-0.1, -0.05) is 30.5 Å². The van der Waals surface area contributed by atoms with Crippen molar-refractivity contribution in [2.75, 3.05) is 62.2 Å². The van der Waals surface area contributed by atoms with Gasteiger partial charge in [-0.3, -0.25) is 4.79 Å². The molecule has 1 amide bonds. The van der Waals surface area contributed by atoms with Crippen molar-refractivity contribution in [1.82, 2.24) is 15.2 Å². The SMILES string of the molecule is O=C(NCCN1CCCCCC1)c1ccc2ccnc(N3CCN(c4ccc(Cl)cc4)CC3)c2c1. The average molecular weight is 492 g/mol. The van der Waals surface area contributed by atoms with Crippen molar-refractivity contribution >= 4 is 39.8 Å². The normalized spacial score (nSPS) is 17.4. The summed E-state index contributed by atoms with van der Waals surface area (Å²) >= 11 is 6.05. The highest BCUT2D eigenvalue weighted by Gasteiger charge is 2.20. The van der Waals surface area contributed by atoms with Crippen LogP contribution in [-0.4, -0.2) is 68.1 Å². The number of hydrogen-bond donors (Lipinski definition) is 1. The van der Waals surface area contributed by atoms with E-state index < -0.39 is 0 Å². The van der Waals surface area contributed by atoms with Gasteiger partial charge in [-0.2, -0.15) is 0 Å². The van der Waals surface area contributed by atoms with Gasteiger partial charge in [0.15, 0.2) is 0 Å². The molecule has 2 aliphatic heterocycles. The lowest BCUT2D eigenvalue weighted by molar-refractivity contribution is 0.0948. The van der Waals surface area contributed by atoms with Crippen LogP contribution in [0.2, 0.25) is 5.02 Å². The van der Waals surface area contributed by atoms with Crippen LogP contribution in [0.15, 0.2) is 54.7 Å². The molecule has 1 aromatic heterocycles. The Bertz CT molecular complexity index is 1140. The fourth-order valence-corrected chi connectivity index (χ4v) is 5.29. The van der Waals surface area contributed by atoms with Gasteiger partial charge in [-0.15, -0.1) is 0 Å². The quantitative estimate of drug-likeness (QED) is 0.535. The van der Waals surface area contributed by atoms with E-state index in [0.717, 1.165) is 67.4 Å². The van der Waals surface area contributed by atoms with Crippen LogP contribution in [0.4, 0.5) is 11.5 Å². The number of piperazine rings is 1. The Morgan fingerprint density at radius 2 is 1.57 bits per heavy atom. The number of halogens is 1. The summed E-state index contributed by atoms with van der Waals surface area (Å²) in [6.07, 6.45) is 7.05. The molecule has 0 atom stereocenters. The number of aromatic nitrogens is 1. The minimum atomic E-state index is -0.0101. The molecule has 3 aromatic rings. The lowest BCUT2D eigenvalue weighted by atomic mass is 10.1. The molecule has 2 aromatic carbocycles. The Kier molecular flexibility index (Phi) is 7.69. The van der Waals surface area contributed by atoms with Crippen LogP contribution in [-0.2, 0) is 0 Å². The Labute approximate surface area is 212 Å². The number of amides is 1. The lowest BCUT2D eigenvalue weighted by Crippen LogP contribution is -2.46. The zero-order valence-corrected chi connectivity index (χ0v) is 21.0. The van der Waals surface area contributed by atoms with Gasteiger partial charge in [0.2, 0.25) is 0 Å². The Morgan fingerprint density at radius 1 is 0.857 bits per heavy atom. The van der Waals surface area contributed by atoms with Gasteiger partial charge in [-0.25, -0.2) is 4.98 Å². The molecule has 2 aliphatic rings. The van der Waals surface area contributed by atoms with Crippen molar-refractivity contribution in [3.8, 4) is 0 Å². The number of rotatable bonds is 6. The monoisotopic (exact) mass is 491 g/mol. The molecule has 0 unspecified atom stereocenters. The first kappa shape index (κ1) is 23.9. The standard InChI is InChI=1S/C28H34ClN5O/c29-24-7-9-25(10-8-24)33-17-19-34(20-18-33)27-26-21-23(6-5-22(26)11-12-30-27)28(35)31-13-16-32-14-3-1-2-4-15-32/h5-12,21H,1-4,13-20H2,(H,31,35). The van der Waals surface area contributed by atoms with Crippen molar-refractivity contribution in [3.63, 3.8) is 0 Å². The Morgan fingerprint density at radius 3 is 2.31 bits per heavy atom. The minimum Gasteiger partial charge on any atom is -0.368 e. The van der Waals surface area contributed by atoms with Crippen LogP contribution in [0.3, 0.4) is 0 Å². The van der Waals surface area contributed by atoms with Gasteiger partial charge in [0.25, 0.3) is 5.91 Å². The number of likely N-dealkylation sites (tertiary alicyclic amines) is 1. The molecule has 184 valence electrons. The highest BCUT2D eigenvalue weighted by atomic mass is 35.5. The second kappa shape index (κ2) is 11.3. The maximum atomic E-state index is 12.9. The van der Waals surface area contributed by atoms with Crippen molar-refractivity contribution < 1.29 is 4.79 Å². The molecule has 5 rings (SSSR count). The van der Waals surface area contributed by atoms with Gasteiger partial charge in [0, 0.05) is 67.1 Å². The maximum absolute atomic E-state index is 12.9. The number of hydrogen-bond acceptors (Lipinski definition) is 5. The summed E-state index contributed by atoms with van der Waals surface area (Å²) < 4.78 is 0. The third-order valence-corrected chi connectivity index (χ3v) is 7.44. The Hall–Kier alpha value is -2.83. The third kappa shape index (κ3) is 5.88. The predicted octanol–water partition coefficient (Wildman–Crippen LogP) is 4.82. The summed E-state index contributed by atoms with van der Waals surface area (Å²) in [5, 5.41) is 6.03. The van der Waals surface area contributed by atoms with E-state index in [1.807, 2.05) is 42.6 Å². The topological polar surface area (TPSA) is 51.7 Å². The van der Waals surface area contributed by atoms with Crippen LogP contribution >= 0.6 is 11.6 Å². The van der Waals surface area contributed by atoms with E-state index in [1.165, 1.54) is 31.4 Å². The fraction of sp³-hybridized carbons (Fsp3) is 0.429. The number of anilines is 2. The zero-order chi connectivity index (χ0) is 24.0. The van der Waals surface area contributed by atoms with E-state index in [1.54, 1.807) is 0 Å². The van der Waals surface area contributed by atoms with Gasteiger partial charge in [0.1, 0.15) is 5.82 Å². The van der Waals surface area contributed by atoms with Crippen molar-refractivity contribution in [2.24, 2.45) is 0 Å². The van der Waals surface area contributed by atoms with E-state index >= 15 is 0 Å². The van der Waals surface area contributed by atoms with E-state index in [-0.39, 0.29) is 5.91 Å². The van der Waals surface area contributed by atoms with Crippen molar-refractivity contribution in [3.05, 3.63) is 65.3 Å². The molecule has 0 radical (unpaired) electrons. The molecule has 0 spiro atoms. The van der Waals surface area contributed by atoms with E-state index in [0.29, 0.717) is 12.1 Å². The first-order valence-corrected chi connectivity index (χ1v) is 13.2. The van der Waals surface area contributed by atoms with Crippen LogP contribution in [0.1, 0.15) is 36.0 Å². The summed E-state index contributed by atoms with van der Waals surface area (Å²) in [7, 11) is 0. The number of fused-ring (bicyclic) bond motifs is 1. The number of carbonyl (C=O) groups is 1. The second-order valence-corrected chi connectivity index (χ2v) is 9.97. The van der Waals surface area contributed by atoms with Crippen LogP contribution in [0, 0.1) is 0 Å². The Balaban J connectivity index is 1.24. The van der Waals surface area contributed by atoms with Gasteiger partial charge in [0.05, 0.1) is 0 Å². The van der Waals surface area contributed by atoms with Crippen molar-refractivity contribution in [1.29, 1.82) is 0 Å². The number of carbonyl (C=O) groups excluding carboxylic acids is 1. The number of nitrogens with one attached hydrogen (secondary N) is 1. The predicted molar refractivity (Wildman–Crippen MR) is 145 cm³/mol. The molecule has 7 heteroatoms. The summed E-state index contributed by atoms with van der Waals surface area (Å²) in [4.78, 5) is 24.8. The van der Waals surface area contributed by atoms with Crippen LogP contribution < -0.4 is 15.1 Å². The number of nitrogens with zero attached hydrogens (tertiary/aromatic N) is 4. The highest BCUT2D eigenvalue weighted by Crippen LogP contribution is 2.28. The zero-order valence-electron chi connectivity index (χ0n) is 20.3. The van der Waals surface area contributed by atoms with E-state index in [9.17, 15) is 4.79 Å². The molecule has 2 saturated heterocycles. The molecule has 0 bridgehead atoms. The molecule has 35 heavy (non-hydrogen) atoms. The number of benzene rings is 2. The number of pyridine rings is 1. The van der Waals surface area contributed by atoms with Gasteiger partial charge < -0.3 is 20.0 Å². The molecule has 3 heterocycles. The minimum absolute atomic E-state index is 0.0101. The van der Waals surface area contributed by atoms with Crippen molar-refractivity contribution in [2.45, 2.75) is 25.7 Å². The third-order valence-electron chi connectivity index (χ3n) is 7.19. The fourth-order valence-electron chi connectivity index (χ4n) is 5.16. The lowest BCUT2D eigenvalue weighted by Gasteiger charge is -2.37. The first-order valence-electron chi connectivity index (χ1n) is 12.8. The highest BCUT2D eigenvalue weighted by molar-refractivity contribution is 6.30. The average Bonchev–Trinajstić information content (AvgIpc) is 3.17. The molecule has 1 N–H and O–H groups in total. The molecule has 0 aliphatic carbocycles. The molecular formula is C28H34ClN5O.